The molecule has 0 heterocycles. The molecule has 3 atom stereocenters. The molecule has 22 heavy (non-hydrogen) atoms. The van der Waals surface area contributed by atoms with E-state index >= 15 is 0 Å². The molecule has 0 fully saturated rings. The summed E-state index contributed by atoms with van der Waals surface area (Å²) in [5.41, 5.74) is 5.52. The SMILES string of the molecule is CNCC(N)C(=O)NC(CC(=O)O)C(=O)NC(CS)C(=O)O. The minimum atomic E-state index is -1.44. The van der Waals surface area contributed by atoms with Gasteiger partial charge in [0.25, 0.3) is 0 Å². The number of aliphatic carboxylic acids is 2. The first-order valence-electron chi connectivity index (χ1n) is 6.29. The number of carboxylic acid groups (broad SMARTS) is 2. The second kappa shape index (κ2) is 9.97. The molecule has 0 aromatic rings. The van der Waals surface area contributed by atoms with Crippen LogP contribution in [0.3, 0.4) is 0 Å². The van der Waals surface area contributed by atoms with Gasteiger partial charge in [0.15, 0.2) is 0 Å². The number of carbonyl (C=O) groups excluding carboxylic acids is 2. The number of amides is 2. The topological polar surface area (TPSA) is 171 Å². The van der Waals surface area contributed by atoms with Crippen LogP contribution in [0.25, 0.3) is 0 Å². The Morgan fingerprint density at radius 2 is 1.64 bits per heavy atom. The van der Waals surface area contributed by atoms with Crippen LogP contribution in [-0.4, -0.2) is 71.4 Å². The lowest BCUT2D eigenvalue weighted by atomic mass is 10.1. The van der Waals surface area contributed by atoms with E-state index in [4.69, 9.17) is 15.9 Å². The molecule has 11 heteroatoms. The van der Waals surface area contributed by atoms with Crippen molar-refractivity contribution in [3.8, 4) is 0 Å². The summed E-state index contributed by atoms with van der Waals surface area (Å²) < 4.78 is 0. The van der Waals surface area contributed by atoms with Gasteiger partial charge < -0.3 is 31.9 Å². The Morgan fingerprint density at radius 1 is 1.09 bits per heavy atom. The summed E-state index contributed by atoms with van der Waals surface area (Å²) in [6.07, 6.45) is -0.706. The van der Waals surface area contributed by atoms with Crippen molar-refractivity contribution in [3.05, 3.63) is 0 Å². The van der Waals surface area contributed by atoms with Crippen LogP contribution in [0.2, 0.25) is 0 Å². The lowest BCUT2D eigenvalue weighted by Crippen LogP contribution is -2.56. The van der Waals surface area contributed by atoms with Gasteiger partial charge >= 0.3 is 11.9 Å². The molecule has 7 N–H and O–H groups in total. The first-order chi connectivity index (χ1) is 10.2. The van der Waals surface area contributed by atoms with Crippen LogP contribution < -0.4 is 21.7 Å². The highest BCUT2D eigenvalue weighted by Gasteiger charge is 2.28. The van der Waals surface area contributed by atoms with E-state index in [2.05, 4.69) is 28.6 Å². The first-order valence-corrected chi connectivity index (χ1v) is 6.92. The van der Waals surface area contributed by atoms with E-state index in [1.807, 2.05) is 0 Å². The second-order valence-corrected chi connectivity index (χ2v) is 4.77. The molecule has 0 saturated carbocycles. The number of rotatable bonds is 10. The van der Waals surface area contributed by atoms with Gasteiger partial charge in [-0.25, -0.2) is 4.79 Å². The van der Waals surface area contributed by atoms with Crippen LogP contribution in [0.15, 0.2) is 0 Å². The lowest BCUT2D eigenvalue weighted by molar-refractivity contribution is -0.142. The van der Waals surface area contributed by atoms with E-state index < -0.39 is 48.3 Å². The average molecular weight is 336 g/mol. The zero-order chi connectivity index (χ0) is 17.3. The molecule has 0 aliphatic heterocycles. The maximum atomic E-state index is 11.9. The van der Waals surface area contributed by atoms with Crippen molar-refractivity contribution in [2.24, 2.45) is 5.73 Å². The zero-order valence-electron chi connectivity index (χ0n) is 11.9. The highest BCUT2D eigenvalue weighted by Crippen LogP contribution is 1.97. The fourth-order valence-electron chi connectivity index (χ4n) is 1.43. The fraction of sp³-hybridized carbons (Fsp3) is 0.636. The van der Waals surface area contributed by atoms with E-state index in [9.17, 15) is 19.2 Å². The third-order valence-corrected chi connectivity index (χ3v) is 2.93. The maximum absolute atomic E-state index is 11.9. The largest absolute Gasteiger partial charge is 0.481 e. The molecule has 0 radical (unpaired) electrons. The first kappa shape index (κ1) is 20.1. The van der Waals surface area contributed by atoms with Gasteiger partial charge in [-0.3, -0.25) is 14.4 Å². The number of carbonyl (C=O) groups is 4. The molecule has 0 rings (SSSR count). The number of hydrogen-bond donors (Lipinski definition) is 7. The average Bonchev–Trinajstić information content (AvgIpc) is 2.42. The number of thiol groups is 1. The minimum absolute atomic E-state index is 0.127. The molecule has 0 aromatic heterocycles. The molecule has 2 amide bonds. The summed E-state index contributed by atoms with van der Waals surface area (Å²) in [5, 5.41) is 24.6. The molecule has 0 aliphatic carbocycles. The molecule has 0 aliphatic rings. The Hall–Kier alpha value is -1.85. The highest BCUT2D eigenvalue weighted by atomic mass is 32.1. The second-order valence-electron chi connectivity index (χ2n) is 4.41. The van der Waals surface area contributed by atoms with Crippen molar-refractivity contribution in [1.29, 1.82) is 0 Å². The summed E-state index contributed by atoms with van der Waals surface area (Å²) >= 11 is 3.77. The maximum Gasteiger partial charge on any atom is 0.327 e. The van der Waals surface area contributed by atoms with Crippen LogP contribution in [0.4, 0.5) is 0 Å². The summed E-state index contributed by atoms with van der Waals surface area (Å²) in [6.45, 7) is 0.127. The Labute approximate surface area is 132 Å². The fourth-order valence-corrected chi connectivity index (χ4v) is 1.68. The molecule has 0 bridgehead atoms. The number of hydrogen-bond acceptors (Lipinski definition) is 7. The van der Waals surface area contributed by atoms with E-state index in [-0.39, 0.29) is 12.3 Å². The summed E-state index contributed by atoms with van der Waals surface area (Å²) in [4.78, 5) is 45.3. The predicted octanol–water partition coefficient (Wildman–Crippen LogP) is -3.01. The number of nitrogens with two attached hydrogens (primary N) is 1. The molecule has 0 saturated heterocycles. The number of likely N-dealkylation sites (N-methyl/N-ethyl adjacent to an activating group) is 1. The monoisotopic (exact) mass is 336 g/mol. The van der Waals surface area contributed by atoms with Crippen LogP contribution >= 0.6 is 12.6 Å². The summed E-state index contributed by atoms with van der Waals surface area (Å²) in [5.74, 6) is -4.51. The van der Waals surface area contributed by atoms with Crippen molar-refractivity contribution < 1.29 is 29.4 Å². The third-order valence-electron chi connectivity index (χ3n) is 2.57. The van der Waals surface area contributed by atoms with E-state index in [0.29, 0.717) is 0 Å². The molecule has 0 spiro atoms. The lowest BCUT2D eigenvalue weighted by Gasteiger charge is -2.21. The van der Waals surface area contributed by atoms with Gasteiger partial charge in [0.2, 0.25) is 11.8 Å². The molecular formula is C11H20N4O6S. The quantitative estimate of drug-likeness (QED) is 0.207. The Bertz CT molecular complexity index is 433. The van der Waals surface area contributed by atoms with Gasteiger partial charge in [-0.1, -0.05) is 0 Å². The molecular weight excluding hydrogens is 316 g/mol. The van der Waals surface area contributed by atoms with Crippen molar-refractivity contribution in [3.63, 3.8) is 0 Å². The Kier molecular flexibility index (Phi) is 9.13. The molecule has 3 unspecified atom stereocenters. The normalized spacial score (nSPS) is 14.5. The molecule has 126 valence electrons. The highest BCUT2D eigenvalue weighted by molar-refractivity contribution is 7.80. The van der Waals surface area contributed by atoms with Gasteiger partial charge in [-0.05, 0) is 7.05 Å². The van der Waals surface area contributed by atoms with Gasteiger partial charge in [-0.15, -0.1) is 0 Å². The van der Waals surface area contributed by atoms with E-state index in [0.717, 1.165) is 0 Å². The van der Waals surface area contributed by atoms with Crippen LogP contribution in [0.1, 0.15) is 6.42 Å². The zero-order valence-corrected chi connectivity index (χ0v) is 12.8. The van der Waals surface area contributed by atoms with Gasteiger partial charge in [0.05, 0.1) is 12.5 Å². The van der Waals surface area contributed by atoms with Crippen LogP contribution in [0, 0.1) is 0 Å². The summed E-state index contributed by atoms with van der Waals surface area (Å²) in [6, 6.07) is -3.71. The van der Waals surface area contributed by atoms with Crippen molar-refractivity contribution in [1.82, 2.24) is 16.0 Å². The van der Waals surface area contributed by atoms with Crippen molar-refractivity contribution in [2.45, 2.75) is 24.5 Å². The molecule has 0 aromatic carbocycles. The molecule has 10 nitrogen and oxygen atoms in total. The minimum Gasteiger partial charge on any atom is -0.481 e. The van der Waals surface area contributed by atoms with Crippen molar-refractivity contribution >= 4 is 36.4 Å². The number of carboxylic acids is 2. The standard InChI is InChI=1S/C11H20N4O6S/c1-13-3-5(12)9(18)14-6(2-8(16)17)10(19)15-7(4-22)11(20)21/h5-7,13,22H,2-4,12H2,1H3,(H,14,18)(H,15,19)(H,16,17)(H,20,21). The smallest absolute Gasteiger partial charge is 0.327 e. The van der Waals surface area contributed by atoms with E-state index in [1.54, 1.807) is 7.05 Å². The van der Waals surface area contributed by atoms with Crippen LogP contribution in [0.5, 0.6) is 0 Å². The number of nitrogens with one attached hydrogen (secondary N) is 3. The van der Waals surface area contributed by atoms with Gasteiger partial charge in [0.1, 0.15) is 12.1 Å². The Balaban J connectivity index is 4.89. The van der Waals surface area contributed by atoms with E-state index in [1.165, 1.54) is 0 Å². The Morgan fingerprint density at radius 3 is 2.05 bits per heavy atom. The van der Waals surface area contributed by atoms with Gasteiger partial charge in [-0.2, -0.15) is 12.6 Å². The summed E-state index contributed by atoms with van der Waals surface area (Å²) in [7, 11) is 1.57. The van der Waals surface area contributed by atoms with Crippen molar-refractivity contribution in [2.75, 3.05) is 19.3 Å². The van der Waals surface area contributed by atoms with Crippen LogP contribution in [-0.2, 0) is 19.2 Å². The predicted molar refractivity (Wildman–Crippen MR) is 79.5 cm³/mol. The van der Waals surface area contributed by atoms with Gasteiger partial charge in [0, 0.05) is 12.3 Å². The third kappa shape index (κ3) is 7.24.